The standard InChI is InChI=1S/C14H27N3O2.ClH/c1-10(9-15)16-13(19)11-6-5-7-17(11)12(18)8-14(2,3)4;/h10-11H,5-9,15H2,1-4H3,(H,16,19);1H/t10-,11?;/m0./s1. The van der Waals surface area contributed by atoms with Gasteiger partial charge in [0, 0.05) is 25.6 Å². The van der Waals surface area contributed by atoms with Crippen molar-refractivity contribution in [2.45, 2.75) is 59.0 Å². The fourth-order valence-corrected chi connectivity index (χ4v) is 2.29. The molecule has 0 saturated carbocycles. The van der Waals surface area contributed by atoms with Crippen LogP contribution in [0.25, 0.3) is 0 Å². The minimum absolute atomic E-state index is 0. The molecular formula is C14H28ClN3O2. The first-order valence-electron chi connectivity index (χ1n) is 7.04. The molecule has 1 aliphatic heterocycles. The van der Waals surface area contributed by atoms with Crippen LogP contribution in [-0.2, 0) is 9.59 Å². The summed E-state index contributed by atoms with van der Waals surface area (Å²) in [5.74, 6) is 0.00302. The molecule has 0 aromatic heterocycles. The molecule has 1 saturated heterocycles. The van der Waals surface area contributed by atoms with E-state index in [1.807, 2.05) is 27.7 Å². The summed E-state index contributed by atoms with van der Waals surface area (Å²) in [6.07, 6.45) is 2.12. The number of amides is 2. The van der Waals surface area contributed by atoms with Crippen LogP contribution < -0.4 is 11.1 Å². The second kappa shape index (κ2) is 7.84. The first-order chi connectivity index (χ1) is 8.74. The molecule has 5 nitrogen and oxygen atoms in total. The fourth-order valence-electron chi connectivity index (χ4n) is 2.29. The van der Waals surface area contributed by atoms with Crippen LogP contribution >= 0.6 is 12.4 Å². The van der Waals surface area contributed by atoms with Crippen LogP contribution in [0.3, 0.4) is 0 Å². The highest BCUT2D eigenvalue weighted by Crippen LogP contribution is 2.24. The van der Waals surface area contributed by atoms with Gasteiger partial charge >= 0.3 is 0 Å². The Hall–Kier alpha value is -0.810. The summed E-state index contributed by atoms with van der Waals surface area (Å²) in [6.45, 7) is 9.07. The maximum atomic E-state index is 12.3. The van der Waals surface area contributed by atoms with Gasteiger partial charge in [0.1, 0.15) is 6.04 Å². The van der Waals surface area contributed by atoms with Crippen molar-refractivity contribution in [1.29, 1.82) is 0 Å². The second-order valence-electron chi connectivity index (χ2n) is 6.63. The first-order valence-corrected chi connectivity index (χ1v) is 7.04. The van der Waals surface area contributed by atoms with Crippen LogP contribution in [0, 0.1) is 5.41 Å². The Kier molecular flexibility index (Phi) is 7.52. The molecule has 0 spiro atoms. The predicted octanol–water partition coefficient (Wildman–Crippen LogP) is 1.30. The van der Waals surface area contributed by atoms with Crippen LogP contribution in [0.5, 0.6) is 0 Å². The minimum atomic E-state index is -0.316. The van der Waals surface area contributed by atoms with E-state index in [-0.39, 0.29) is 41.7 Å². The molecule has 0 aliphatic carbocycles. The number of halogens is 1. The van der Waals surface area contributed by atoms with Crippen molar-refractivity contribution >= 4 is 24.2 Å². The average Bonchev–Trinajstić information content (AvgIpc) is 2.75. The number of carbonyl (C=O) groups excluding carboxylic acids is 2. The van der Waals surface area contributed by atoms with Gasteiger partial charge in [-0.25, -0.2) is 0 Å². The molecule has 118 valence electrons. The number of likely N-dealkylation sites (tertiary alicyclic amines) is 1. The molecule has 0 aromatic rings. The van der Waals surface area contributed by atoms with Crippen molar-refractivity contribution in [2.24, 2.45) is 11.1 Å². The lowest BCUT2D eigenvalue weighted by Gasteiger charge is -2.28. The Morgan fingerprint density at radius 2 is 2.00 bits per heavy atom. The zero-order chi connectivity index (χ0) is 14.6. The van der Waals surface area contributed by atoms with Gasteiger partial charge < -0.3 is 16.0 Å². The van der Waals surface area contributed by atoms with Crippen molar-refractivity contribution in [3.8, 4) is 0 Å². The molecule has 20 heavy (non-hydrogen) atoms. The molecule has 2 amide bonds. The van der Waals surface area contributed by atoms with Crippen LogP contribution in [0.2, 0.25) is 0 Å². The van der Waals surface area contributed by atoms with Gasteiger partial charge in [-0.15, -0.1) is 12.4 Å². The van der Waals surface area contributed by atoms with E-state index >= 15 is 0 Å². The summed E-state index contributed by atoms with van der Waals surface area (Å²) < 4.78 is 0. The van der Waals surface area contributed by atoms with Gasteiger partial charge in [0.05, 0.1) is 0 Å². The molecule has 2 atom stereocenters. The van der Waals surface area contributed by atoms with E-state index in [1.54, 1.807) is 4.90 Å². The van der Waals surface area contributed by atoms with E-state index in [4.69, 9.17) is 5.73 Å². The van der Waals surface area contributed by atoms with E-state index in [1.165, 1.54) is 0 Å². The lowest BCUT2D eigenvalue weighted by Crippen LogP contribution is -2.50. The summed E-state index contributed by atoms with van der Waals surface area (Å²) >= 11 is 0. The highest BCUT2D eigenvalue weighted by Gasteiger charge is 2.35. The summed E-state index contributed by atoms with van der Waals surface area (Å²) in [6, 6.07) is -0.364. The Balaban J connectivity index is 0.00000361. The van der Waals surface area contributed by atoms with E-state index < -0.39 is 0 Å². The SMILES string of the molecule is C[C@@H](CN)NC(=O)C1CCCN1C(=O)CC(C)(C)C.Cl. The fraction of sp³-hybridized carbons (Fsp3) is 0.857. The molecule has 0 radical (unpaired) electrons. The monoisotopic (exact) mass is 305 g/mol. The van der Waals surface area contributed by atoms with Crippen molar-refractivity contribution in [3.05, 3.63) is 0 Å². The number of hydrogen-bond donors (Lipinski definition) is 2. The quantitative estimate of drug-likeness (QED) is 0.822. The van der Waals surface area contributed by atoms with Gasteiger partial charge in [-0.05, 0) is 25.2 Å². The minimum Gasteiger partial charge on any atom is -0.351 e. The Labute approximate surface area is 128 Å². The smallest absolute Gasteiger partial charge is 0.243 e. The van der Waals surface area contributed by atoms with Crippen LogP contribution in [0.15, 0.2) is 0 Å². The van der Waals surface area contributed by atoms with Gasteiger partial charge in [0.25, 0.3) is 0 Å². The summed E-state index contributed by atoms with van der Waals surface area (Å²) in [5.41, 5.74) is 5.45. The number of nitrogens with one attached hydrogen (secondary N) is 1. The third-order valence-corrected chi connectivity index (χ3v) is 3.30. The van der Waals surface area contributed by atoms with Gasteiger partial charge in [0.2, 0.25) is 11.8 Å². The highest BCUT2D eigenvalue weighted by atomic mass is 35.5. The lowest BCUT2D eigenvalue weighted by atomic mass is 9.91. The van der Waals surface area contributed by atoms with Gasteiger partial charge in [-0.1, -0.05) is 20.8 Å². The van der Waals surface area contributed by atoms with E-state index in [0.717, 1.165) is 12.8 Å². The van der Waals surface area contributed by atoms with Crippen molar-refractivity contribution in [1.82, 2.24) is 10.2 Å². The van der Waals surface area contributed by atoms with Crippen LogP contribution in [0.1, 0.15) is 47.0 Å². The maximum Gasteiger partial charge on any atom is 0.243 e. The topological polar surface area (TPSA) is 75.4 Å². The second-order valence-corrected chi connectivity index (χ2v) is 6.63. The van der Waals surface area contributed by atoms with Crippen LogP contribution in [0.4, 0.5) is 0 Å². The van der Waals surface area contributed by atoms with E-state index in [0.29, 0.717) is 19.5 Å². The molecule has 1 aliphatic rings. The molecule has 0 aromatic carbocycles. The number of nitrogens with two attached hydrogens (primary N) is 1. The number of hydrogen-bond acceptors (Lipinski definition) is 3. The molecule has 1 heterocycles. The summed E-state index contributed by atoms with van der Waals surface area (Å²) in [4.78, 5) is 26.1. The largest absolute Gasteiger partial charge is 0.351 e. The van der Waals surface area contributed by atoms with Crippen molar-refractivity contribution in [2.75, 3.05) is 13.1 Å². The molecule has 6 heteroatoms. The Morgan fingerprint density at radius 1 is 1.40 bits per heavy atom. The van der Waals surface area contributed by atoms with Gasteiger partial charge in [-0.3, -0.25) is 9.59 Å². The predicted molar refractivity (Wildman–Crippen MR) is 82.7 cm³/mol. The molecule has 1 rings (SSSR count). The average molecular weight is 306 g/mol. The van der Waals surface area contributed by atoms with Gasteiger partial charge in [0.15, 0.2) is 0 Å². The molecule has 0 bridgehead atoms. The van der Waals surface area contributed by atoms with Gasteiger partial charge in [-0.2, -0.15) is 0 Å². The van der Waals surface area contributed by atoms with E-state index in [2.05, 4.69) is 5.32 Å². The molecule has 1 fully saturated rings. The Bertz CT molecular complexity index is 342. The number of carbonyl (C=O) groups is 2. The third-order valence-electron chi connectivity index (χ3n) is 3.30. The summed E-state index contributed by atoms with van der Waals surface area (Å²) in [5, 5.41) is 2.86. The molecule has 1 unspecified atom stereocenters. The zero-order valence-electron chi connectivity index (χ0n) is 12.9. The highest BCUT2D eigenvalue weighted by molar-refractivity contribution is 5.88. The number of nitrogens with zero attached hydrogens (tertiary/aromatic N) is 1. The van der Waals surface area contributed by atoms with E-state index in [9.17, 15) is 9.59 Å². The molecular weight excluding hydrogens is 278 g/mol. The third kappa shape index (κ3) is 5.67. The molecule has 3 N–H and O–H groups in total. The lowest BCUT2D eigenvalue weighted by molar-refractivity contribution is -0.140. The zero-order valence-corrected chi connectivity index (χ0v) is 13.8. The van der Waals surface area contributed by atoms with Crippen LogP contribution in [-0.4, -0.2) is 41.9 Å². The maximum absolute atomic E-state index is 12.3. The van der Waals surface area contributed by atoms with Crippen molar-refractivity contribution in [3.63, 3.8) is 0 Å². The first kappa shape index (κ1) is 19.2. The van der Waals surface area contributed by atoms with Crippen molar-refractivity contribution < 1.29 is 9.59 Å². The number of rotatable bonds is 4. The Morgan fingerprint density at radius 3 is 2.50 bits per heavy atom. The normalized spacial score (nSPS) is 20.2. The summed E-state index contributed by atoms with van der Waals surface area (Å²) in [7, 11) is 0.